The molecule has 2 amide bonds. The van der Waals surface area contributed by atoms with Crippen molar-refractivity contribution in [1.82, 2.24) is 24.9 Å². The van der Waals surface area contributed by atoms with Crippen LogP contribution in [0, 0.1) is 0 Å². The molecule has 0 aromatic heterocycles. The standard InChI is InChI=1S/C18H33N5O7/c1-19-18(28)23-10-8-21(13-16(26)29-2)6-4-20(12-15(24)25)5-7-22(9-11-23)14-17(27)30-3/h4-14H2,1-3H3,(H,19,28)(H,24,25). The molecule has 30 heavy (non-hydrogen) atoms. The van der Waals surface area contributed by atoms with Gasteiger partial charge in [-0.1, -0.05) is 0 Å². The molecule has 0 atom stereocenters. The fraction of sp³-hybridized carbons (Fsp3) is 0.778. The minimum Gasteiger partial charge on any atom is -0.480 e. The molecule has 12 heteroatoms. The second kappa shape index (κ2) is 13.7. The van der Waals surface area contributed by atoms with E-state index >= 15 is 0 Å². The van der Waals surface area contributed by atoms with E-state index in [9.17, 15) is 24.3 Å². The van der Waals surface area contributed by atoms with Crippen molar-refractivity contribution in [3.05, 3.63) is 0 Å². The lowest BCUT2D eigenvalue weighted by Crippen LogP contribution is -2.50. The minimum atomic E-state index is -0.952. The smallest absolute Gasteiger partial charge is 0.319 e. The van der Waals surface area contributed by atoms with E-state index in [4.69, 9.17) is 9.47 Å². The maximum Gasteiger partial charge on any atom is 0.319 e. The largest absolute Gasteiger partial charge is 0.480 e. The van der Waals surface area contributed by atoms with E-state index in [2.05, 4.69) is 5.32 Å². The summed E-state index contributed by atoms with van der Waals surface area (Å²) < 4.78 is 9.49. The Hall–Kier alpha value is -2.44. The summed E-state index contributed by atoms with van der Waals surface area (Å²) in [5.74, 6) is -1.75. The van der Waals surface area contributed by atoms with Gasteiger partial charge in [0.05, 0.1) is 33.9 Å². The zero-order valence-electron chi connectivity index (χ0n) is 18.0. The van der Waals surface area contributed by atoms with Gasteiger partial charge in [-0.05, 0) is 0 Å². The number of aliphatic carboxylic acids is 1. The normalized spacial score (nSPS) is 18.0. The number of hydrogen-bond donors (Lipinski definition) is 2. The predicted octanol–water partition coefficient (Wildman–Crippen LogP) is -2.02. The highest BCUT2D eigenvalue weighted by Gasteiger charge is 2.22. The van der Waals surface area contributed by atoms with Crippen molar-refractivity contribution < 1.29 is 33.8 Å². The number of carbonyl (C=O) groups excluding carboxylic acids is 3. The van der Waals surface area contributed by atoms with Crippen LogP contribution in [0.4, 0.5) is 4.79 Å². The predicted molar refractivity (Wildman–Crippen MR) is 107 cm³/mol. The third-order valence-electron chi connectivity index (χ3n) is 4.86. The Balaban J connectivity index is 2.97. The Kier molecular flexibility index (Phi) is 11.7. The first kappa shape index (κ1) is 25.6. The quantitative estimate of drug-likeness (QED) is 0.454. The van der Waals surface area contributed by atoms with Crippen molar-refractivity contribution in [2.45, 2.75) is 0 Å². The molecule has 1 heterocycles. The minimum absolute atomic E-state index is 0.0491. The van der Waals surface area contributed by atoms with Crippen LogP contribution in [0.3, 0.4) is 0 Å². The van der Waals surface area contributed by atoms with Crippen LogP contribution in [0.25, 0.3) is 0 Å². The number of amides is 2. The fourth-order valence-electron chi connectivity index (χ4n) is 3.06. The van der Waals surface area contributed by atoms with Crippen molar-refractivity contribution in [3.8, 4) is 0 Å². The zero-order valence-corrected chi connectivity index (χ0v) is 18.0. The number of carboxylic acids is 1. The summed E-state index contributed by atoms with van der Waals surface area (Å²) in [4.78, 5) is 54.0. The van der Waals surface area contributed by atoms with E-state index in [1.165, 1.54) is 14.2 Å². The lowest BCUT2D eigenvalue weighted by molar-refractivity contribution is -0.142. The van der Waals surface area contributed by atoms with E-state index < -0.39 is 17.9 Å². The summed E-state index contributed by atoms with van der Waals surface area (Å²) >= 11 is 0. The highest BCUT2D eigenvalue weighted by molar-refractivity contribution is 5.74. The number of methoxy groups -OCH3 is 2. The molecule has 0 bridgehead atoms. The van der Waals surface area contributed by atoms with E-state index in [0.717, 1.165) is 0 Å². The van der Waals surface area contributed by atoms with Gasteiger partial charge in [-0.3, -0.25) is 29.1 Å². The van der Waals surface area contributed by atoms with Crippen LogP contribution in [0.1, 0.15) is 0 Å². The molecule has 2 N–H and O–H groups in total. The van der Waals surface area contributed by atoms with Crippen molar-refractivity contribution in [2.24, 2.45) is 0 Å². The van der Waals surface area contributed by atoms with Crippen LogP contribution in [-0.4, -0.2) is 142 Å². The fourth-order valence-corrected chi connectivity index (χ4v) is 3.06. The Labute approximate surface area is 176 Å². The van der Waals surface area contributed by atoms with Crippen LogP contribution in [0.5, 0.6) is 0 Å². The first-order valence-electron chi connectivity index (χ1n) is 9.78. The Morgan fingerprint density at radius 2 is 1.10 bits per heavy atom. The molecule has 1 fully saturated rings. The number of hydrogen-bond acceptors (Lipinski definition) is 9. The van der Waals surface area contributed by atoms with E-state index in [1.807, 2.05) is 9.80 Å². The van der Waals surface area contributed by atoms with Gasteiger partial charge in [0.15, 0.2) is 0 Å². The molecule has 0 aromatic carbocycles. The van der Waals surface area contributed by atoms with E-state index in [-0.39, 0.29) is 25.7 Å². The average Bonchev–Trinajstić information content (AvgIpc) is 2.72. The number of carbonyl (C=O) groups is 4. The van der Waals surface area contributed by atoms with Crippen LogP contribution >= 0.6 is 0 Å². The average molecular weight is 431 g/mol. The monoisotopic (exact) mass is 431 g/mol. The summed E-state index contributed by atoms with van der Waals surface area (Å²) in [7, 11) is 4.16. The van der Waals surface area contributed by atoms with Gasteiger partial charge in [-0.15, -0.1) is 0 Å². The molecule has 1 aliphatic rings. The maximum absolute atomic E-state index is 12.2. The Bertz CT molecular complexity index is 555. The summed E-state index contributed by atoms with van der Waals surface area (Å²) in [6.07, 6.45) is 0. The number of rotatable bonds is 6. The number of carboxylic acid groups (broad SMARTS) is 1. The highest BCUT2D eigenvalue weighted by Crippen LogP contribution is 2.02. The van der Waals surface area contributed by atoms with Gasteiger partial charge in [0.1, 0.15) is 0 Å². The lowest BCUT2D eigenvalue weighted by Gasteiger charge is -2.33. The summed E-state index contributed by atoms with van der Waals surface area (Å²) in [6.45, 7) is 3.19. The van der Waals surface area contributed by atoms with Crippen molar-refractivity contribution >= 4 is 23.9 Å². The van der Waals surface area contributed by atoms with Gasteiger partial charge in [0.25, 0.3) is 0 Å². The molecule has 0 aliphatic carbocycles. The highest BCUT2D eigenvalue weighted by atomic mass is 16.5. The van der Waals surface area contributed by atoms with Crippen LogP contribution in [0.15, 0.2) is 0 Å². The SMILES string of the molecule is CNC(=O)N1CCN(CC(=O)OC)CCN(CC(=O)O)CCN(CC(=O)OC)CC1. The molecule has 0 saturated carbocycles. The molecular formula is C18H33N5O7. The van der Waals surface area contributed by atoms with Crippen LogP contribution in [-0.2, 0) is 23.9 Å². The molecule has 1 saturated heterocycles. The van der Waals surface area contributed by atoms with Gasteiger partial charge in [0.2, 0.25) is 0 Å². The van der Waals surface area contributed by atoms with Gasteiger partial charge in [0, 0.05) is 59.4 Å². The number of esters is 2. The molecule has 0 radical (unpaired) electrons. The third kappa shape index (κ3) is 9.85. The van der Waals surface area contributed by atoms with Crippen molar-refractivity contribution in [2.75, 3.05) is 93.3 Å². The van der Waals surface area contributed by atoms with E-state index in [1.54, 1.807) is 16.8 Å². The summed E-state index contributed by atoms with van der Waals surface area (Å²) in [5, 5.41) is 11.8. The molecule has 172 valence electrons. The number of nitrogens with one attached hydrogen (secondary N) is 1. The van der Waals surface area contributed by atoms with E-state index in [0.29, 0.717) is 52.4 Å². The number of ether oxygens (including phenoxy) is 2. The van der Waals surface area contributed by atoms with Gasteiger partial charge >= 0.3 is 23.9 Å². The van der Waals surface area contributed by atoms with Crippen molar-refractivity contribution in [3.63, 3.8) is 0 Å². The first-order valence-corrected chi connectivity index (χ1v) is 9.78. The van der Waals surface area contributed by atoms with Gasteiger partial charge < -0.3 is 24.8 Å². The molecule has 1 rings (SSSR count). The van der Waals surface area contributed by atoms with Gasteiger partial charge in [-0.25, -0.2) is 4.79 Å². The third-order valence-corrected chi connectivity index (χ3v) is 4.86. The molecule has 0 unspecified atom stereocenters. The Morgan fingerprint density at radius 1 is 0.733 bits per heavy atom. The van der Waals surface area contributed by atoms with Crippen LogP contribution < -0.4 is 5.32 Å². The van der Waals surface area contributed by atoms with Gasteiger partial charge in [-0.2, -0.15) is 0 Å². The number of nitrogens with zero attached hydrogens (tertiary/aromatic N) is 4. The zero-order chi connectivity index (χ0) is 22.5. The second-order valence-electron chi connectivity index (χ2n) is 6.92. The number of urea groups is 1. The summed E-state index contributed by atoms with van der Waals surface area (Å²) in [5.41, 5.74) is 0. The topological polar surface area (TPSA) is 132 Å². The van der Waals surface area contributed by atoms with Crippen LogP contribution in [0.2, 0.25) is 0 Å². The Morgan fingerprint density at radius 3 is 1.43 bits per heavy atom. The van der Waals surface area contributed by atoms with Crippen molar-refractivity contribution in [1.29, 1.82) is 0 Å². The molecular weight excluding hydrogens is 398 g/mol. The molecule has 0 spiro atoms. The lowest BCUT2D eigenvalue weighted by atomic mass is 10.3. The molecule has 0 aromatic rings. The molecule has 1 aliphatic heterocycles. The second-order valence-corrected chi connectivity index (χ2v) is 6.92. The first-order chi connectivity index (χ1) is 14.3. The summed E-state index contributed by atoms with van der Waals surface area (Å²) in [6, 6.07) is -0.254. The molecule has 12 nitrogen and oxygen atoms in total. The maximum atomic E-state index is 12.2.